The molecule has 0 radical (unpaired) electrons. The van der Waals surface area contributed by atoms with Crippen molar-refractivity contribution in [3.05, 3.63) is 64.9 Å². The number of aromatic nitrogens is 2. The molecule has 3 aliphatic rings. The number of carbonyl (C=O) groups is 1. The van der Waals surface area contributed by atoms with Gasteiger partial charge in [-0.15, -0.1) is 0 Å². The Kier molecular flexibility index (Phi) is 8.83. The number of anilines is 3. The van der Waals surface area contributed by atoms with Crippen LogP contribution in [0.15, 0.2) is 41.3 Å². The number of rotatable bonds is 7. The van der Waals surface area contributed by atoms with Crippen LogP contribution in [-0.4, -0.2) is 91.7 Å². The molecule has 0 saturated carbocycles. The van der Waals surface area contributed by atoms with E-state index < -0.39 is 32.5 Å². The summed E-state index contributed by atoms with van der Waals surface area (Å²) in [5.41, 5.74) is 3.37. The number of amides is 1. The second kappa shape index (κ2) is 12.7. The topological polar surface area (TPSA) is 123 Å². The molecular formula is C31H39F2N7O4S. The van der Waals surface area contributed by atoms with Crippen LogP contribution in [-0.2, 0) is 27.7 Å². The van der Waals surface area contributed by atoms with Crippen molar-refractivity contribution < 1.29 is 26.7 Å². The molecule has 0 bridgehead atoms. The quantitative estimate of drug-likeness (QED) is 0.356. The van der Waals surface area contributed by atoms with E-state index in [1.807, 2.05) is 32.0 Å². The van der Waals surface area contributed by atoms with Crippen LogP contribution in [0.1, 0.15) is 48.3 Å². The summed E-state index contributed by atoms with van der Waals surface area (Å²) in [5, 5.41) is 13.7. The van der Waals surface area contributed by atoms with Crippen LogP contribution in [0.3, 0.4) is 0 Å². The van der Waals surface area contributed by atoms with Gasteiger partial charge in [0.05, 0.1) is 22.7 Å². The highest BCUT2D eigenvalue weighted by Gasteiger charge is 2.33. The van der Waals surface area contributed by atoms with Gasteiger partial charge in [0.15, 0.2) is 5.82 Å². The first-order chi connectivity index (χ1) is 21.5. The Labute approximate surface area is 262 Å². The van der Waals surface area contributed by atoms with Gasteiger partial charge in [0, 0.05) is 80.4 Å². The molecule has 4 heterocycles. The molecule has 3 aromatic rings. The number of benzene rings is 2. The predicted molar refractivity (Wildman–Crippen MR) is 167 cm³/mol. The van der Waals surface area contributed by atoms with Crippen molar-refractivity contribution in [2.45, 2.75) is 62.8 Å². The van der Waals surface area contributed by atoms with Gasteiger partial charge >= 0.3 is 0 Å². The first-order valence-corrected chi connectivity index (χ1v) is 16.7. The Hall–Kier alpha value is -3.59. The fourth-order valence-electron chi connectivity index (χ4n) is 6.43. The van der Waals surface area contributed by atoms with Crippen LogP contribution in [0.4, 0.5) is 26.0 Å². The van der Waals surface area contributed by atoms with E-state index >= 15 is 0 Å². The Balaban J connectivity index is 1.25. The standard InChI is InChI=1S/C31H39F2N7O4S/c1-19-12-23(13-20(2)44-19)34-29-17-24(39-10-8-38(3)9-11-39)4-5-26(29)31(41)35-30-27-18-40(7-6-28(27)36-37-30)45(42,43)25-15-21(32)14-22(33)16-25/h4-5,14-17,19-20,23,34H,6-13,18H2,1-3H3,(H2,35,36,37,41)/t19-,20+,23?. The number of sulfonamides is 1. The Bertz CT molecular complexity index is 1650. The normalized spacial score (nSPS) is 23.0. The summed E-state index contributed by atoms with van der Waals surface area (Å²) in [4.78, 5) is 18.0. The predicted octanol–water partition coefficient (Wildman–Crippen LogP) is 3.81. The molecule has 3 N–H and O–H groups in total. The molecule has 2 fully saturated rings. The number of nitrogens with zero attached hydrogens (tertiary/aromatic N) is 4. The summed E-state index contributed by atoms with van der Waals surface area (Å²) in [6.07, 6.45) is 2.07. The molecule has 11 nitrogen and oxygen atoms in total. The summed E-state index contributed by atoms with van der Waals surface area (Å²) < 4.78 is 61.3. The summed E-state index contributed by atoms with van der Waals surface area (Å²) in [7, 11) is -2.10. The lowest BCUT2D eigenvalue weighted by atomic mass is 9.98. The highest BCUT2D eigenvalue weighted by Crippen LogP contribution is 2.32. The number of aromatic amines is 1. The molecule has 1 aromatic heterocycles. The Morgan fingerprint density at radius 2 is 1.69 bits per heavy atom. The maximum Gasteiger partial charge on any atom is 0.258 e. The fourth-order valence-corrected chi connectivity index (χ4v) is 7.89. The Morgan fingerprint density at radius 3 is 2.38 bits per heavy atom. The molecule has 2 saturated heterocycles. The second-order valence-corrected chi connectivity index (χ2v) is 14.2. The van der Waals surface area contributed by atoms with E-state index in [-0.39, 0.29) is 37.2 Å². The van der Waals surface area contributed by atoms with E-state index in [1.54, 1.807) is 0 Å². The SMILES string of the molecule is C[C@@H]1CC(Nc2cc(N3CCN(C)CC3)ccc2C(=O)Nc2n[nH]c3c2CN(S(=O)(=O)c2cc(F)cc(F)c2)CC3)C[C@H](C)O1. The van der Waals surface area contributed by atoms with Crippen molar-refractivity contribution in [3.8, 4) is 0 Å². The third-order valence-corrected chi connectivity index (χ3v) is 10.6. The minimum Gasteiger partial charge on any atom is -0.381 e. The van der Waals surface area contributed by atoms with Gasteiger partial charge in [0.1, 0.15) is 11.6 Å². The van der Waals surface area contributed by atoms with Crippen molar-refractivity contribution in [2.75, 3.05) is 55.3 Å². The third kappa shape index (κ3) is 6.83. The first kappa shape index (κ1) is 31.4. The van der Waals surface area contributed by atoms with E-state index in [9.17, 15) is 22.0 Å². The maximum atomic E-state index is 13.8. The van der Waals surface area contributed by atoms with E-state index in [0.29, 0.717) is 35.0 Å². The number of H-pyrrole nitrogens is 1. The molecule has 3 atom stereocenters. The molecule has 1 unspecified atom stereocenters. The van der Waals surface area contributed by atoms with Crippen molar-refractivity contribution in [1.82, 2.24) is 19.4 Å². The van der Waals surface area contributed by atoms with Gasteiger partial charge in [-0.3, -0.25) is 9.89 Å². The molecule has 45 heavy (non-hydrogen) atoms. The van der Waals surface area contributed by atoms with E-state index in [0.717, 1.165) is 61.1 Å². The van der Waals surface area contributed by atoms with Crippen LogP contribution >= 0.6 is 0 Å². The van der Waals surface area contributed by atoms with Crippen LogP contribution in [0.5, 0.6) is 0 Å². The number of halogens is 2. The molecule has 14 heteroatoms. The van der Waals surface area contributed by atoms with E-state index in [2.05, 4.69) is 37.7 Å². The van der Waals surface area contributed by atoms with Gasteiger partial charge in [-0.2, -0.15) is 9.40 Å². The van der Waals surface area contributed by atoms with Crippen LogP contribution in [0.25, 0.3) is 0 Å². The molecule has 242 valence electrons. The summed E-state index contributed by atoms with van der Waals surface area (Å²) in [6.45, 7) is 7.74. The third-order valence-electron chi connectivity index (χ3n) is 8.78. The van der Waals surface area contributed by atoms with E-state index in [1.165, 1.54) is 0 Å². The van der Waals surface area contributed by atoms with Crippen LogP contribution < -0.4 is 15.5 Å². The number of piperazine rings is 1. The summed E-state index contributed by atoms with van der Waals surface area (Å²) in [6, 6.07) is 8.12. The average molecular weight is 644 g/mol. The second-order valence-electron chi connectivity index (χ2n) is 12.3. The van der Waals surface area contributed by atoms with Crippen molar-refractivity contribution in [1.29, 1.82) is 0 Å². The smallest absolute Gasteiger partial charge is 0.258 e. The minimum atomic E-state index is -4.21. The molecule has 0 aliphatic carbocycles. The van der Waals surface area contributed by atoms with Gasteiger partial charge in [0.25, 0.3) is 5.91 Å². The van der Waals surface area contributed by atoms with Crippen molar-refractivity contribution in [3.63, 3.8) is 0 Å². The highest BCUT2D eigenvalue weighted by molar-refractivity contribution is 7.89. The average Bonchev–Trinajstić information content (AvgIpc) is 3.38. The number of carbonyl (C=O) groups excluding carboxylic acids is 1. The molecule has 3 aliphatic heterocycles. The highest BCUT2D eigenvalue weighted by atomic mass is 32.2. The molecule has 0 spiro atoms. The monoisotopic (exact) mass is 643 g/mol. The van der Waals surface area contributed by atoms with Gasteiger partial charge in [-0.25, -0.2) is 17.2 Å². The number of nitrogens with one attached hydrogen (secondary N) is 3. The minimum absolute atomic E-state index is 0.0861. The number of hydrogen-bond donors (Lipinski definition) is 3. The van der Waals surface area contributed by atoms with Crippen LogP contribution in [0.2, 0.25) is 0 Å². The Morgan fingerprint density at radius 1 is 1.00 bits per heavy atom. The first-order valence-electron chi connectivity index (χ1n) is 15.3. The number of fused-ring (bicyclic) bond motifs is 1. The fraction of sp³-hybridized carbons (Fsp3) is 0.484. The van der Waals surface area contributed by atoms with E-state index in [4.69, 9.17) is 4.74 Å². The molecule has 1 amide bonds. The molecule has 2 aromatic carbocycles. The summed E-state index contributed by atoms with van der Waals surface area (Å²) >= 11 is 0. The van der Waals surface area contributed by atoms with Gasteiger partial charge in [0.2, 0.25) is 10.0 Å². The van der Waals surface area contributed by atoms with Crippen LogP contribution in [0, 0.1) is 11.6 Å². The lowest BCUT2D eigenvalue weighted by molar-refractivity contribution is -0.0337. The zero-order chi connectivity index (χ0) is 31.9. The van der Waals surface area contributed by atoms with Crippen molar-refractivity contribution in [2.24, 2.45) is 0 Å². The van der Waals surface area contributed by atoms with Crippen molar-refractivity contribution >= 4 is 33.1 Å². The number of likely N-dealkylation sites (N-methyl/N-ethyl adjacent to an activating group) is 1. The van der Waals surface area contributed by atoms with Gasteiger partial charge < -0.3 is 25.2 Å². The zero-order valence-electron chi connectivity index (χ0n) is 25.6. The molecular weight excluding hydrogens is 604 g/mol. The summed E-state index contributed by atoms with van der Waals surface area (Å²) in [5.74, 6) is -2.13. The lowest BCUT2D eigenvalue weighted by Crippen LogP contribution is -2.44. The van der Waals surface area contributed by atoms with Gasteiger partial charge in [-0.05, 0) is 64.1 Å². The maximum absolute atomic E-state index is 13.8. The number of ether oxygens (including phenoxy) is 1. The lowest BCUT2D eigenvalue weighted by Gasteiger charge is -2.35. The molecule has 6 rings (SSSR count). The largest absolute Gasteiger partial charge is 0.381 e. The van der Waals surface area contributed by atoms with Gasteiger partial charge in [-0.1, -0.05) is 0 Å². The zero-order valence-corrected chi connectivity index (χ0v) is 26.5. The number of hydrogen-bond acceptors (Lipinski definition) is 8.